The van der Waals surface area contributed by atoms with Crippen LogP contribution in [0.2, 0.25) is 0 Å². The van der Waals surface area contributed by atoms with Gasteiger partial charge in [-0.05, 0) is 18.4 Å². The van der Waals surface area contributed by atoms with Gasteiger partial charge in [-0.15, -0.1) is 0 Å². The van der Waals surface area contributed by atoms with E-state index in [1.54, 1.807) is 7.11 Å². The average molecular weight is 278 g/mol. The molecule has 110 valence electrons. The third kappa shape index (κ3) is 3.11. The molecular weight excluding hydrogens is 256 g/mol. The van der Waals surface area contributed by atoms with Gasteiger partial charge in [0.1, 0.15) is 0 Å². The van der Waals surface area contributed by atoms with Crippen molar-refractivity contribution in [2.24, 2.45) is 0 Å². The van der Waals surface area contributed by atoms with Crippen LogP contribution in [0.3, 0.4) is 0 Å². The summed E-state index contributed by atoms with van der Waals surface area (Å²) in [7, 11) is 1.63. The molecule has 2 heterocycles. The lowest BCUT2D eigenvalue weighted by Crippen LogP contribution is -2.41. The Kier molecular flexibility index (Phi) is 4.19. The molecule has 20 heavy (non-hydrogen) atoms. The number of rotatable bonds is 4. The Morgan fingerprint density at radius 3 is 2.65 bits per heavy atom. The fourth-order valence-electron chi connectivity index (χ4n) is 2.95. The molecule has 1 spiro atoms. The maximum atomic E-state index is 5.74. The number of methoxy groups -OCH3 is 1. The Morgan fingerprint density at radius 1 is 1.30 bits per heavy atom. The first-order valence-corrected chi connectivity index (χ1v) is 7.30. The van der Waals surface area contributed by atoms with E-state index < -0.39 is 0 Å². The second-order valence-electron chi connectivity index (χ2n) is 5.47. The van der Waals surface area contributed by atoms with Gasteiger partial charge in [-0.3, -0.25) is 0 Å². The fraction of sp³-hybridized carbons (Fsp3) is 0.667. The molecule has 2 aliphatic rings. The van der Waals surface area contributed by atoms with Crippen molar-refractivity contribution in [1.29, 1.82) is 0 Å². The highest BCUT2D eigenvalue weighted by atomic mass is 16.7. The minimum Gasteiger partial charge on any atom is -0.481 e. The SMILES string of the molecule is COc1ccc(CNC2CCC3(CC2)OCCO3)cn1. The smallest absolute Gasteiger partial charge is 0.212 e. The fourth-order valence-corrected chi connectivity index (χ4v) is 2.95. The molecule has 1 saturated carbocycles. The Labute approximate surface area is 119 Å². The Hall–Kier alpha value is -1.17. The third-order valence-corrected chi connectivity index (χ3v) is 4.16. The predicted molar refractivity (Wildman–Crippen MR) is 74.5 cm³/mol. The molecule has 1 saturated heterocycles. The van der Waals surface area contributed by atoms with Gasteiger partial charge in [0.2, 0.25) is 5.88 Å². The van der Waals surface area contributed by atoms with Gasteiger partial charge in [-0.2, -0.15) is 0 Å². The van der Waals surface area contributed by atoms with E-state index in [-0.39, 0.29) is 5.79 Å². The number of nitrogens with zero attached hydrogens (tertiary/aromatic N) is 1. The van der Waals surface area contributed by atoms with Crippen molar-refractivity contribution in [3.63, 3.8) is 0 Å². The molecule has 3 rings (SSSR count). The zero-order valence-electron chi connectivity index (χ0n) is 11.9. The van der Waals surface area contributed by atoms with Gasteiger partial charge in [0, 0.05) is 37.7 Å². The molecule has 0 unspecified atom stereocenters. The first kappa shape index (κ1) is 13.8. The van der Waals surface area contributed by atoms with Crippen LogP contribution in [0, 0.1) is 0 Å². The van der Waals surface area contributed by atoms with E-state index in [9.17, 15) is 0 Å². The third-order valence-electron chi connectivity index (χ3n) is 4.16. The zero-order chi connectivity index (χ0) is 13.8. The molecule has 0 aromatic carbocycles. The first-order valence-electron chi connectivity index (χ1n) is 7.30. The minimum atomic E-state index is -0.264. The van der Waals surface area contributed by atoms with Crippen LogP contribution in [0.1, 0.15) is 31.2 Å². The molecule has 5 nitrogen and oxygen atoms in total. The van der Waals surface area contributed by atoms with Gasteiger partial charge >= 0.3 is 0 Å². The van der Waals surface area contributed by atoms with Crippen molar-refractivity contribution in [2.45, 2.75) is 44.1 Å². The van der Waals surface area contributed by atoms with Crippen molar-refractivity contribution < 1.29 is 14.2 Å². The molecular formula is C15H22N2O3. The summed E-state index contributed by atoms with van der Waals surface area (Å²) in [5.41, 5.74) is 1.18. The summed E-state index contributed by atoms with van der Waals surface area (Å²) in [5.74, 6) is 0.392. The molecule has 0 atom stereocenters. The summed E-state index contributed by atoms with van der Waals surface area (Å²) >= 11 is 0. The maximum absolute atomic E-state index is 5.74. The number of aromatic nitrogens is 1. The number of hydrogen-bond donors (Lipinski definition) is 1. The van der Waals surface area contributed by atoms with Crippen LogP contribution < -0.4 is 10.1 Å². The summed E-state index contributed by atoms with van der Waals surface area (Å²) in [6.45, 7) is 2.33. The highest BCUT2D eigenvalue weighted by molar-refractivity contribution is 5.17. The summed E-state index contributed by atoms with van der Waals surface area (Å²) in [5, 5.41) is 3.59. The van der Waals surface area contributed by atoms with Crippen LogP contribution in [0.4, 0.5) is 0 Å². The lowest BCUT2D eigenvalue weighted by Gasteiger charge is -2.35. The molecule has 1 aliphatic carbocycles. The quantitative estimate of drug-likeness (QED) is 0.911. The first-order chi connectivity index (χ1) is 9.80. The van der Waals surface area contributed by atoms with Crippen molar-refractivity contribution >= 4 is 0 Å². The van der Waals surface area contributed by atoms with E-state index in [1.165, 1.54) is 5.56 Å². The number of ether oxygens (including phenoxy) is 3. The molecule has 5 heteroatoms. The van der Waals surface area contributed by atoms with Crippen molar-refractivity contribution in [1.82, 2.24) is 10.3 Å². The number of pyridine rings is 1. The Bertz CT molecular complexity index is 419. The molecule has 0 radical (unpaired) electrons. The highest BCUT2D eigenvalue weighted by Crippen LogP contribution is 2.35. The zero-order valence-corrected chi connectivity index (χ0v) is 11.9. The summed E-state index contributed by atoms with van der Waals surface area (Å²) in [6.07, 6.45) is 6.05. The second-order valence-corrected chi connectivity index (χ2v) is 5.47. The summed E-state index contributed by atoms with van der Waals surface area (Å²) in [6, 6.07) is 4.48. The molecule has 1 N–H and O–H groups in total. The van der Waals surface area contributed by atoms with Crippen molar-refractivity contribution in [2.75, 3.05) is 20.3 Å². The van der Waals surface area contributed by atoms with Crippen LogP contribution in [0.25, 0.3) is 0 Å². The minimum absolute atomic E-state index is 0.264. The second kappa shape index (κ2) is 6.08. The van der Waals surface area contributed by atoms with Gasteiger partial charge in [-0.1, -0.05) is 6.07 Å². The van der Waals surface area contributed by atoms with Gasteiger partial charge in [-0.25, -0.2) is 4.98 Å². The predicted octanol–water partition coefficient (Wildman–Crippen LogP) is 1.87. The molecule has 1 aliphatic heterocycles. The summed E-state index contributed by atoms with van der Waals surface area (Å²) in [4.78, 5) is 4.22. The highest BCUT2D eigenvalue weighted by Gasteiger charge is 2.40. The monoisotopic (exact) mass is 278 g/mol. The van der Waals surface area contributed by atoms with Crippen LogP contribution in [0.5, 0.6) is 5.88 Å². The van der Waals surface area contributed by atoms with E-state index in [0.29, 0.717) is 11.9 Å². The maximum Gasteiger partial charge on any atom is 0.212 e. The van der Waals surface area contributed by atoms with E-state index >= 15 is 0 Å². The van der Waals surface area contributed by atoms with Crippen LogP contribution in [0.15, 0.2) is 18.3 Å². The lowest BCUT2D eigenvalue weighted by molar-refractivity contribution is -0.179. The molecule has 0 amide bonds. The molecule has 1 aromatic heterocycles. The summed E-state index contributed by atoms with van der Waals surface area (Å²) < 4.78 is 16.5. The normalized spacial score (nSPS) is 22.2. The van der Waals surface area contributed by atoms with Crippen molar-refractivity contribution in [3.05, 3.63) is 23.9 Å². The van der Waals surface area contributed by atoms with E-state index in [1.807, 2.05) is 18.3 Å². The van der Waals surface area contributed by atoms with E-state index in [2.05, 4.69) is 10.3 Å². The Morgan fingerprint density at radius 2 is 2.05 bits per heavy atom. The van der Waals surface area contributed by atoms with E-state index in [4.69, 9.17) is 14.2 Å². The van der Waals surface area contributed by atoms with E-state index in [0.717, 1.165) is 45.4 Å². The molecule has 1 aromatic rings. The lowest BCUT2D eigenvalue weighted by atomic mass is 9.90. The van der Waals surface area contributed by atoms with Gasteiger partial charge in [0.25, 0.3) is 0 Å². The van der Waals surface area contributed by atoms with Crippen LogP contribution >= 0.6 is 0 Å². The van der Waals surface area contributed by atoms with Gasteiger partial charge in [0.05, 0.1) is 20.3 Å². The average Bonchev–Trinajstić information content (AvgIpc) is 2.96. The topological polar surface area (TPSA) is 52.6 Å². The van der Waals surface area contributed by atoms with Gasteiger partial charge in [0.15, 0.2) is 5.79 Å². The largest absolute Gasteiger partial charge is 0.481 e. The standard InChI is InChI=1S/C15H22N2O3/c1-18-14-3-2-12(11-17-14)10-16-13-4-6-15(7-5-13)19-8-9-20-15/h2-3,11,13,16H,4-10H2,1H3. The van der Waals surface area contributed by atoms with Gasteiger partial charge < -0.3 is 19.5 Å². The van der Waals surface area contributed by atoms with Crippen LogP contribution in [-0.4, -0.2) is 37.1 Å². The van der Waals surface area contributed by atoms with Crippen molar-refractivity contribution in [3.8, 4) is 5.88 Å². The Balaban J connectivity index is 1.45. The van der Waals surface area contributed by atoms with Crippen LogP contribution in [-0.2, 0) is 16.0 Å². The molecule has 2 fully saturated rings. The molecule has 0 bridgehead atoms. The number of nitrogens with one attached hydrogen (secondary N) is 1. The number of hydrogen-bond acceptors (Lipinski definition) is 5.